The highest BCUT2D eigenvalue weighted by Crippen LogP contribution is 2.24. The molecule has 0 saturated heterocycles. The molecule has 1 aliphatic carbocycles. The molecule has 1 fully saturated rings. The summed E-state index contributed by atoms with van der Waals surface area (Å²) in [6.07, 6.45) is 6.53. The molecule has 4 heteroatoms. The van der Waals surface area contributed by atoms with Crippen molar-refractivity contribution in [3.8, 4) is 0 Å². The molecule has 0 atom stereocenters. The van der Waals surface area contributed by atoms with Crippen LogP contribution < -0.4 is 5.32 Å². The van der Waals surface area contributed by atoms with Crippen LogP contribution in [-0.4, -0.2) is 15.6 Å². The van der Waals surface area contributed by atoms with Crippen LogP contribution in [0.15, 0.2) is 41.6 Å². The van der Waals surface area contributed by atoms with Gasteiger partial charge in [-0.3, -0.25) is 0 Å². The summed E-state index contributed by atoms with van der Waals surface area (Å²) in [6.45, 7) is 0.988. The summed E-state index contributed by atoms with van der Waals surface area (Å²) in [5, 5.41) is 3.55. The van der Waals surface area contributed by atoms with Crippen molar-refractivity contribution in [2.24, 2.45) is 7.05 Å². The molecule has 2 aromatic rings. The Kier molecular flexibility index (Phi) is 3.89. The molecule has 3 rings (SSSR count). The maximum atomic E-state index is 4.35. The first-order valence-corrected chi connectivity index (χ1v) is 7.71. The Labute approximate surface area is 118 Å². The van der Waals surface area contributed by atoms with Crippen molar-refractivity contribution in [2.45, 2.75) is 36.1 Å². The summed E-state index contributed by atoms with van der Waals surface area (Å²) in [5.41, 5.74) is 1.37. The smallest absolute Gasteiger partial charge is 0.118 e. The molecule has 1 saturated carbocycles. The quantitative estimate of drug-likeness (QED) is 0.821. The first kappa shape index (κ1) is 12.8. The number of hydrogen-bond acceptors (Lipinski definition) is 3. The van der Waals surface area contributed by atoms with Gasteiger partial charge in [0.05, 0.1) is 5.75 Å². The van der Waals surface area contributed by atoms with E-state index in [9.17, 15) is 0 Å². The molecule has 0 amide bonds. The zero-order valence-corrected chi connectivity index (χ0v) is 12.0. The lowest BCUT2D eigenvalue weighted by Gasteiger charge is -2.06. The van der Waals surface area contributed by atoms with Crippen molar-refractivity contribution >= 4 is 11.8 Å². The van der Waals surface area contributed by atoms with Crippen LogP contribution in [0.5, 0.6) is 0 Å². The SMILES string of the molecule is Cn1ccnc1CSc1cccc(CNC2CC2)c1. The van der Waals surface area contributed by atoms with Gasteiger partial charge in [0.1, 0.15) is 5.82 Å². The lowest BCUT2D eigenvalue weighted by atomic mass is 10.2. The molecule has 0 bridgehead atoms. The number of nitrogens with zero attached hydrogens (tertiary/aromatic N) is 2. The Hall–Kier alpha value is -1.26. The highest BCUT2D eigenvalue weighted by Gasteiger charge is 2.19. The topological polar surface area (TPSA) is 29.9 Å². The molecule has 0 aliphatic heterocycles. The summed E-state index contributed by atoms with van der Waals surface area (Å²) in [6, 6.07) is 9.56. The molecule has 100 valence electrons. The Morgan fingerprint density at radius 3 is 3.05 bits per heavy atom. The lowest BCUT2D eigenvalue weighted by Crippen LogP contribution is -2.15. The van der Waals surface area contributed by atoms with E-state index in [1.54, 1.807) is 0 Å². The fourth-order valence-electron chi connectivity index (χ4n) is 1.98. The van der Waals surface area contributed by atoms with Crippen LogP contribution in [-0.2, 0) is 19.3 Å². The third-order valence-corrected chi connectivity index (χ3v) is 4.35. The number of aromatic nitrogens is 2. The fraction of sp³-hybridized carbons (Fsp3) is 0.400. The molecule has 0 unspecified atom stereocenters. The lowest BCUT2D eigenvalue weighted by molar-refractivity contribution is 0.687. The van der Waals surface area contributed by atoms with Gasteiger partial charge < -0.3 is 9.88 Å². The van der Waals surface area contributed by atoms with Gasteiger partial charge in [-0.1, -0.05) is 12.1 Å². The number of nitrogens with one attached hydrogen (secondary N) is 1. The zero-order valence-electron chi connectivity index (χ0n) is 11.2. The molecule has 19 heavy (non-hydrogen) atoms. The van der Waals surface area contributed by atoms with Gasteiger partial charge in [0.2, 0.25) is 0 Å². The van der Waals surface area contributed by atoms with Gasteiger partial charge in [-0.15, -0.1) is 11.8 Å². The number of hydrogen-bond donors (Lipinski definition) is 1. The second kappa shape index (κ2) is 5.80. The van der Waals surface area contributed by atoms with Gasteiger partial charge in [0, 0.05) is 36.9 Å². The minimum absolute atomic E-state index is 0.767. The normalized spacial score (nSPS) is 14.8. The Bertz CT molecular complexity index is 546. The van der Waals surface area contributed by atoms with E-state index < -0.39 is 0 Å². The van der Waals surface area contributed by atoms with Gasteiger partial charge in [-0.2, -0.15) is 0 Å². The average Bonchev–Trinajstić information content (AvgIpc) is 3.17. The van der Waals surface area contributed by atoms with Crippen LogP contribution in [0.3, 0.4) is 0 Å². The number of imidazole rings is 1. The van der Waals surface area contributed by atoms with Gasteiger partial charge in [0.25, 0.3) is 0 Å². The van der Waals surface area contributed by atoms with Gasteiger partial charge in [-0.25, -0.2) is 4.98 Å². The first-order valence-electron chi connectivity index (χ1n) is 6.72. The maximum Gasteiger partial charge on any atom is 0.118 e. The van der Waals surface area contributed by atoms with Crippen LogP contribution >= 0.6 is 11.8 Å². The van der Waals surface area contributed by atoms with Crippen LogP contribution in [0.25, 0.3) is 0 Å². The molecule has 1 N–H and O–H groups in total. The van der Waals surface area contributed by atoms with Gasteiger partial charge >= 0.3 is 0 Å². The predicted octanol–water partition coefficient (Wildman–Crippen LogP) is 2.96. The second-order valence-corrected chi connectivity index (χ2v) is 6.09. The van der Waals surface area contributed by atoms with Crippen LogP contribution in [0.4, 0.5) is 0 Å². The highest BCUT2D eigenvalue weighted by atomic mass is 32.2. The summed E-state index contributed by atoms with van der Waals surface area (Å²) < 4.78 is 2.07. The van der Waals surface area contributed by atoms with E-state index in [1.807, 2.05) is 31.2 Å². The third kappa shape index (κ3) is 3.61. The molecule has 1 aromatic heterocycles. The van der Waals surface area contributed by atoms with Crippen molar-refractivity contribution < 1.29 is 0 Å². The van der Waals surface area contributed by atoms with E-state index in [0.717, 1.165) is 24.2 Å². The van der Waals surface area contributed by atoms with Crippen molar-refractivity contribution in [1.29, 1.82) is 0 Å². The van der Waals surface area contributed by atoms with E-state index in [0.29, 0.717) is 0 Å². The van der Waals surface area contributed by atoms with E-state index >= 15 is 0 Å². The molecule has 3 nitrogen and oxygen atoms in total. The van der Waals surface area contributed by atoms with Gasteiger partial charge in [-0.05, 0) is 30.5 Å². The van der Waals surface area contributed by atoms with Crippen LogP contribution in [0, 0.1) is 0 Å². The fourth-order valence-corrected chi connectivity index (χ4v) is 2.96. The first-order chi connectivity index (χ1) is 9.31. The van der Waals surface area contributed by atoms with Crippen LogP contribution in [0.1, 0.15) is 24.2 Å². The summed E-state index contributed by atoms with van der Waals surface area (Å²) in [4.78, 5) is 5.67. The molecule has 0 spiro atoms. The number of aryl methyl sites for hydroxylation is 1. The average molecular weight is 273 g/mol. The summed E-state index contributed by atoms with van der Waals surface area (Å²) in [7, 11) is 2.04. The summed E-state index contributed by atoms with van der Waals surface area (Å²) in [5.74, 6) is 2.04. The second-order valence-electron chi connectivity index (χ2n) is 5.05. The Balaban J connectivity index is 1.57. The largest absolute Gasteiger partial charge is 0.337 e. The van der Waals surface area contributed by atoms with Crippen molar-refractivity contribution in [3.05, 3.63) is 48.0 Å². The number of thioether (sulfide) groups is 1. The van der Waals surface area contributed by atoms with Crippen molar-refractivity contribution in [1.82, 2.24) is 14.9 Å². The third-order valence-electron chi connectivity index (χ3n) is 3.36. The van der Waals surface area contributed by atoms with E-state index in [2.05, 4.69) is 39.1 Å². The Morgan fingerprint density at radius 2 is 2.32 bits per heavy atom. The predicted molar refractivity (Wildman–Crippen MR) is 79.1 cm³/mol. The number of benzene rings is 1. The van der Waals surface area contributed by atoms with E-state index in [4.69, 9.17) is 0 Å². The molecule has 1 heterocycles. The monoisotopic (exact) mass is 273 g/mol. The minimum Gasteiger partial charge on any atom is -0.337 e. The number of rotatable bonds is 6. The molecular weight excluding hydrogens is 254 g/mol. The Morgan fingerprint density at radius 1 is 1.42 bits per heavy atom. The molecule has 1 aromatic carbocycles. The van der Waals surface area contributed by atoms with Crippen LogP contribution in [0.2, 0.25) is 0 Å². The van der Waals surface area contributed by atoms with E-state index in [-0.39, 0.29) is 0 Å². The van der Waals surface area contributed by atoms with Crippen molar-refractivity contribution in [3.63, 3.8) is 0 Å². The molecule has 1 aliphatic rings. The molecule has 0 radical (unpaired) electrons. The summed E-state index contributed by atoms with van der Waals surface area (Å²) >= 11 is 1.85. The van der Waals surface area contributed by atoms with E-state index in [1.165, 1.54) is 23.3 Å². The molecular formula is C15H19N3S. The van der Waals surface area contributed by atoms with Crippen molar-refractivity contribution in [2.75, 3.05) is 0 Å². The zero-order chi connectivity index (χ0) is 13.1. The highest BCUT2D eigenvalue weighted by molar-refractivity contribution is 7.98. The minimum atomic E-state index is 0.767. The standard InChI is InChI=1S/C15H19N3S/c1-18-8-7-16-15(18)11-19-14-4-2-3-12(9-14)10-17-13-5-6-13/h2-4,7-9,13,17H,5-6,10-11H2,1H3. The van der Waals surface area contributed by atoms with Gasteiger partial charge in [0.15, 0.2) is 0 Å². The maximum absolute atomic E-state index is 4.35.